The Hall–Kier alpha value is -4.55. The van der Waals surface area contributed by atoms with E-state index >= 15 is 0 Å². The Morgan fingerprint density at radius 2 is 1.77 bits per heavy atom. The lowest BCUT2D eigenvalue weighted by atomic mass is 10.1. The number of piperazine rings is 1. The molecule has 0 spiro atoms. The Bertz CT molecular complexity index is 1690. The quantitative estimate of drug-likeness (QED) is 0.345. The van der Waals surface area contributed by atoms with Crippen LogP contribution in [0.5, 0.6) is 0 Å². The number of aromatic nitrogens is 6. The van der Waals surface area contributed by atoms with E-state index < -0.39 is 5.60 Å². The summed E-state index contributed by atoms with van der Waals surface area (Å²) in [6.45, 7) is 11.7. The van der Waals surface area contributed by atoms with Crippen molar-refractivity contribution >= 4 is 34.6 Å². The van der Waals surface area contributed by atoms with Crippen LogP contribution in [0.25, 0.3) is 22.4 Å². The normalized spacial score (nSPS) is 16.2. The highest BCUT2D eigenvalue weighted by molar-refractivity contribution is 5.85. The molecular weight excluding hydrogens is 550 g/mol. The number of carbonyl (C=O) groups excluding carboxylic acids is 1. The summed E-state index contributed by atoms with van der Waals surface area (Å²) in [7, 11) is 0. The number of anilines is 3. The summed E-state index contributed by atoms with van der Waals surface area (Å²) in [6.07, 6.45) is 7.19. The number of nitrogens with zero attached hydrogens (tertiary/aromatic N) is 8. The molecule has 1 aliphatic carbocycles. The van der Waals surface area contributed by atoms with Crippen LogP contribution in [0.2, 0.25) is 0 Å². The van der Waals surface area contributed by atoms with Crippen molar-refractivity contribution in [2.45, 2.75) is 71.9 Å². The highest BCUT2D eigenvalue weighted by Gasteiger charge is 2.28. The summed E-state index contributed by atoms with van der Waals surface area (Å²) in [4.78, 5) is 48.5. The highest BCUT2D eigenvalue weighted by Crippen LogP contribution is 2.33. The van der Waals surface area contributed by atoms with Crippen LogP contribution in [-0.4, -0.2) is 72.4 Å². The Kier molecular flexibility index (Phi) is 7.49. The van der Waals surface area contributed by atoms with Crippen LogP contribution in [0, 0.1) is 13.8 Å². The summed E-state index contributed by atoms with van der Waals surface area (Å²) in [5.41, 5.74) is 2.00. The predicted octanol–water partition coefficient (Wildman–Crippen LogP) is 4.77. The minimum atomic E-state index is -0.514. The second-order valence-corrected chi connectivity index (χ2v) is 12.2. The van der Waals surface area contributed by atoms with Crippen molar-refractivity contribution in [2.75, 3.05) is 36.4 Å². The average molecular weight is 588 g/mol. The molecular formula is C30H37N9O4. The molecule has 6 rings (SSSR count). The molecule has 5 heterocycles. The van der Waals surface area contributed by atoms with E-state index in [4.69, 9.17) is 14.2 Å². The molecule has 1 saturated heterocycles. The minimum absolute atomic E-state index is 0.0401. The molecule has 0 radical (unpaired) electrons. The maximum Gasteiger partial charge on any atom is 0.410 e. The van der Waals surface area contributed by atoms with Crippen LogP contribution in [0.4, 0.5) is 22.2 Å². The van der Waals surface area contributed by atoms with Gasteiger partial charge in [0.2, 0.25) is 17.7 Å². The van der Waals surface area contributed by atoms with Crippen molar-refractivity contribution in [3.05, 3.63) is 46.3 Å². The fourth-order valence-electron chi connectivity index (χ4n) is 5.79. The second-order valence-electron chi connectivity index (χ2n) is 12.2. The molecule has 1 saturated carbocycles. The molecule has 43 heavy (non-hydrogen) atoms. The SMILES string of the molecule is Cc1nc(-c2c(C)c3cnc(Nc4ccc(N5CCN(C(=O)OC(C)(C)C)CC5)cn4)nc3n(C3CCCC3)c2=O)no1. The number of nitrogens with one attached hydrogen (secondary N) is 1. The fraction of sp³-hybridized carbons (Fsp3) is 0.500. The summed E-state index contributed by atoms with van der Waals surface area (Å²) in [6, 6.07) is 3.90. The van der Waals surface area contributed by atoms with Crippen molar-refractivity contribution in [2.24, 2.45) is 0 Å². The van der Waals surface area contributed by atoms with E-state index in [0.29, 0.717) is 55.0 Å². The molecule has 226 valence electrons. The van der Waals surface area contributed by atoms with Gasteiger partial charge in [-0.15, -0.1) is 0 Å². The molecule has 1 amide bonds. The molecule has 1 aliphatic heterocycles. The van der Waals surface area contributed by atoms with Crippen LogP contribution >= 0.6 is 0 Å². The van der Waals surface area contributed by atoms with Gasteiger partial charge >= 0.3 is 6.09 Å². The van der Waals surface area contributed by atoms with Crippen molar-refractivity contribution in [1.29, 1.82) is 0 Å². The molecule has 0 aromatic carbocycles. The van der Waals surface area contributed by atoms with Gasteiger partial charge in [0.15, 0.2) is 0 Å². The first-order valence-corrected chi connectivity index (χ1v) is 14.8. The lowest BCUT2D eigenvalue weighted by Gasteiger charge is -2.36. The van der Waals surface area contributed by atoms with Gasteiger partial charge in [0, 0.05) is 50.7 Å². The number of rotatable bonds is 5. The Balaban J connectivity index is 1.22. The van der Waals surface area contributed by atoms with Crippen molar-refractivity contribution in [3.63, 3.8) is 0 Å². The number of ether oxygens (including phenoxy) is 1. The summed E-state index contributed by atoms with van der Waals surface area (Å²) in [5.74, 6) is 1.62. The Labute approximate surface area is 249 Å². The van der Waals surface area contributed by atoms with E-state index in [1.54, 1.807) is 28.8 Å². The van der Waals surface area contributed by atoms with E-state index in [9.17, 15) is 9.59 Å². The van der Waals surface area contributed by atoms with Gasteiger partial charge in [-0.3, -0.25) is 9.36 Å². The van der Waals surface area contributed by atoms with E-state index in [0.717, 1.165) is 42.3 Å². The number of hydrogen-bond acceptors (Lipinski definition) is 11. The van der Waals surface area contributed by atoms with Gasteiger partial charge in [-0.25, -0.2) is 14.8 Å². The summed E-state index contributed by atoms with van der Waals surface area (Å²) < 4.78 is 12.5. The largest absolute Gasteiger partial charge is 0.444 e. The first-order valence-electron chi connectivity index (χ1n) is 14.8. The lowest BCUT2D eigenvalue weighted by Crippen LogP contribution is -2.50. The third-order valence-corrected chi connectivity index (χ3v) is 7.93. The maximum absolute atomic E-state index is 13.9. The monoisotopic (exact) mass is 587 g/mol. The van der Waals surface area contributed by atoms with E-state index in [2.05, 4.69) is 30.3 Å². The standard InChI is InChI=1S/C30H37N9O4/c1-18-22-17-32-28(35-26(22)39(20-8-6-7-9-20)27(40)24(18)25-33-19(2)43-36-25)34-23-11-10-21(16-31-23)37-12-14-38(15-13-37)29(41)42-30(3,4)5/h10-11,16-17,20H,6-9,12-15H2,1-5H3,(H,31,32,34,35). The van der Waals surface area contributed by atoms with Crippen LogP contribution < -0.4 is 15.8 Å². The zero-order valence-corrected chi connectivity index (χ0v) is 25.3. The number of fused-ring (bicyclic) bond motifs is 1. The van der Waals surface area contributed by atoms with Gasteiger partial charge in [0.25, 0.3) is 5.56 Å². The maximum atomic E-state index is 13.9. The van der Waals surface area contributed by atoms with Crippen molar-refractivity contribution < 1.29 is 14.1 Å². The smallest absolute Gasteiger partial charge is 0.410 e. The minimum Gasteiger partial charge on any atom is -0.444 e. The molecule has 0 unspecified atom stereocenters. The third kappa shape index (κ3) is 5.88. The van der Waals surface area contributed by atoms with Gasteiger partial charge in [-0.2, -0.15) is 9.97 Å². The van der Waals surface area contributed by atoms with Gasteiger partial charge in [0.05, 0.1) is 17.4 Å². The van der Waals surface area contributed by atoms with E-state index in [1.807, 2.05) is 39.8 Å². The molecule has 1 N–H and O–H groups in total. The van der Waals surface area contributed by atoms with Gasteiger partial charge < -0.3 is 24.4 Å². The van der Waals surface area contributed by atoms with Crippen LogP contribution in [0.3, 0.4) is 0 Å². The van der Waals surface area contributed by atoms with E-state index in [-0.39, 0.29) is 23.5 Å². The first-order chi connectivity index (χ1) is 20.6. The van der Waals surface area contributed by atoms with Crippen molar-refractivity contribution in [1.82, 2.24) is 34.6 Å². The predicted molar refractivity (Wildman–Crippen MR) is 162 cm³/mol. The molecule has 4 aromatic heterocycles. The van der Waals surface area contributed by atoms with Gasteiger partial charge in [-0.05, 0) is 58.2 Å². The third-order valence-electron chi connectivity index (χ3n) is 7.93. The van der Waals surface area contributed by atoms with Crippen molar-refractivity contribution in [3.8, 4) is 11.4 Å². The average Bonchev–Trinajstić information content (AvgIpc) is 3.65. The fourth-order valence-corrected chi connectivity index (χ4v) is 5.79. The number of hydrogen-bond donors (Lipinski definition) is 1. The van der Waals surface area contributed by atoms with Crippen LogP contribution in [-0.2, 0) is 4.74 Å². The van der Waals surface area contributed by atoms with E-state index in [1.165, 1.54) is 0 Å². The highest BCUT2D eigenvalue weighted by atomic mass is 16.6. The molecule has 2 fully saturated rings. The van der Waals surface area contributed by atoms with Crippen LogP contribution in [0.15, 0.2) is 33.8 Å². The lowest BCUT2D eigenvalue weighted by molar-refractivity contribution is 0.0240. The number of aryl methyl sites for hydroxylation is 2. The zero-order valence-electron chi connectivity index (χ0n) is 25.3. The summed E-state index contributed by atoms with van der Waals surface area (Å²) >= 11 is 0. The molecule has 0 atom stereocenters. The molecule has 2 aliphatic rings. The topological polar surface area (TPSA) is 144 Å². The van der Waals surface area contributed by atoms with Gasteiger partial charge in [0.1, 0.15) is 17.1 Å². The number of carbonyl (C=O) groups is 1. The second kappa shape index (κ2) is 11.3. The molecule has 4 aromatic rings. The number of amides is 1. The molecule has 13 nitrogen and oxygen atoms in total. The summed E-state index contributed by atoms with van der Waals surface area (Å²) in [5, 5.41) is 8.00. The molecule has 13 heteroatoms. The zero-order chi connectivity index (χ0) is 30.3. The van der Waals surface area contributed by atoms with Crippen LogP contribution in [0.1, 0.15) is 64.0 Å². The molecule has 0 bridgehead atoms. The first kappa shape index (κ1) is 28.6. The Morgan fingerprint density at radius 1 is 1.02 bits per heavy atom. The number of pyridine rings is 2. The Morgan fingerprint density at radius 3 is 2.40 bits per heavy atom. The van der Waals surface area contributed by atoms with Gasteiger partial charge in [-0.1, -0.05) is 18.0 Å².